The van der Waals surface area contributed by atoms with Gasteiger partial charge in [0, 0.05) is 11.6 Å². The van der Waals surface area contributed by atoms with Gasteiger partial charge in [0.05, 0.1) is 17.4 Å². The lowest BCUT2D eigenvalue weighted by Gasteiger charge is -2.34. The standard InChI is InChI=1S/C19H17ClN2O4S/c1-13(20)17(21(27(2,25)26)12-14-8-4-3-5-9-14)22-18(23)15-10-6-7-11-16(15)19(22)24/h3-11,17H,1,12H2,2H3. The highest BCUT2D eigenvalue weighted by Gasteiger charge is 2.45. The van der Waals surface area contributed by atoms with E-state index in [2.05, 4.69) is 6.58 Å². The minimum Gasteiger partial charge on any atom is -0.269 e. The van der Waals surface area contributed by atoms with Crippen LogP contribution in [0.1, 0.15) is 26.3 Å². The van der Waals surface area contributed by atoms with E-state index < -0.39 is 28.0 Å². The Morgan fingerprint density at radius 2 is 1.52 bits per heavy atom. The van der Waals surface area contributed by atoms with Crippen molar-refractivity contribution in [2.75, 3.05) is 6.26 Å². The summed E-state index contributed by atoms with van der Waals surface area (Å²) in [5, 5.41) is -0.147. The van der Waals surface area contributed by atoms with Crippen molar-refractivity contribution in [2.24, 2.45) is 0 Å². The molecule has 3 rings (SSSR count). The summed E-state index contributed by atoms with van der Waals surface area (Å²) >= 11 is 6.12. The molecule has 0 saturated carbocycles. The van der Waals surface area contributed by atoms with Crippen LogP contribution in [0.25, 0.3) is 0 Å². The molecule has 0 aromatic heterocycles. The average molecular weight is 405 g/mol. The van der Waals surface area contributed by atoms with Crippen molar-refractivity contribution in [1.29, 1.82) is 0 Å². The molecule has 0 aliphatic carbocycles. The number of carbonyl (C=O) groups is 2. The lowest BCUT2D eigenvalue weighted by Crippen LogP contribution is -2.52. The Kier molecular flexibility index (Phi) is 5.19. The zero-order valence-corrected chi connectivity index (χ0v) is 16.1. The summed E-state index contributed by atoms with van der Waals surface area (Å²) in [7, 11) is -3.84. The van der Waals surface area contributed by atoms with E-state index in [1.54, 1.807) is 42.5 Å². The first-order valence-electron chi connectivity index (χ1n) is 8.04. The first-order valence-corrected chi connectivity index (χ1v) is 10.3. The summed E-state index contributed by atoms with van der Waals surface area (Å²) in [5.41, 5.74) is 1.10. The summed E-state index contributed by atoms with van der Waals surface area (Å²) in [4.78, 5) is 26.5. The van der Waals surface area contributed by atoms with Gasteiger partial charge in [-0.15, -0.1) is 0 Å². The molecule has 1 unspecified atom stereocenters. The molecule has 0 bridgehead atoms. The van der Waals surface area contributed by atoms with Gasteiger partial charge in [-0.25, -0.2) is 8.42 Å². The van der Waals surface area contributed by atoms with Crippen molar-refractivity contribution in [3.63, 3.8) is 0 Å². The number of nitrogens with zero attached hydrogens (tertiary/aromatic N) is 2. The van der Waals surface area contributed by atoms with Crippen LogP contribution in [0.2, 0.25) is 0 Å². The van der Waals surface area contributed by atoms with Crippen molar-refractivity contribution in [2.45, 2.75) is 12.7 Å². The summed E-state index contributed by atoms with van der Waals surface area (Å²) in [5.74, 6) is -1.21. The van der Waals surface area contributed by atoms with Gasteiger partial charge < -0.3 is 0 Å². The van der Waals surface area contributed by atoms with Crippen LogP contribution in [0.3, 0.4) is 0 Å². The number of carbonyl (C=O) groups excluding carboxylic acids is 2. The second-order valence-electron chi connectivity index (χ2n) is 6.14. The second kappa shape index (κ2) is 7.26. The summed E-state index contributed by atoms with van der Waals surface area (Å²) in [6, 6.07) is 15.1. The maximum absolute atomic E-state index is 12.8. The highest BCUT2D eigenvalue weighted by Crippen LogP contribution is 2.31. The summed E-state index contributed by atoms with van der Waals surface area (Å²) in [6.45, 7) is 3.55. The van der Waals surface area contributed by atoms with Crippen LogP contribution in [0.5, 0.6) is 0 Å². The van der Waals surface area contributed by atoms with Crippen LogP contribution >= 0.6 is 11.6 Å². The first-order chi connectivity index (χ1) is 12.7. The molecule has 2 aromatic carbocycles. The van der Waals surface area contributed by atoms with Gasteiger partial charge in [0.2, 0.25) is 10.0 Å². The molecule has 8 heteroatoms. The molecule has 1 aliphatic rings. The van der Waals surface area contributed by atoms with Crippen molar-refractivity contribution >= 4 is 33.4 Å². The molecule has 0 spiro atoms. The summed E-state index contributed by atoms with van der Waals surface area (Å²) in [6.07, 6.45) is -0.338. The predicted octanol–water partition coefficient (Wildman–Crippen LogP) is 2.82. The third kappa shape index (κ3) is 3.66. The topological polar surface area (TPSA) is 74.8 Å². The van der Waals surface area contributed by atoms with Gasteiger partial charge >= 0.3 is 0 Å². The van der Waals surface area contributed by atoms with E-state index in [9.17, 15) is 18.0 Å². The number of hydrogen-bond donors (Lipinski definition) is 0. The van der Waals surface area contributed by atoms with Crippen LogP contribution in [0.15, 0.2) is 66.2 Å². The molecule has 0 saturated heterocycles. The minimum absolute atomic E-state index is 0.0660. The van der Waals surface area contributed by atoms with Crippen LogP contribution in [0, 0.1) is 0 Å². The van der Waals surface area contributed by atoms with Gasteiger partial charge in [-0.3, -0.25) is 14.5 Å². The van der Waals surface area contributed by atoms with Gasteiger partial charge in [0.25, 0.3) is 11.8 Å². The van der Waals surface area contributed by atoms with E-state index in [0.29, 0.717) is 5.56 Å². The average Bonchev–Trinajstić information content (AvgIpc) is 2.86. The Morgan fingerprint density at radius 3 is 1.96 bits per heavy atom. The smallest absolute Gasteiger partial charge is 0.263 e. The zero-order valence-electron chi connectivity index (χ0n) is 14.5. The van der Waals surface area contributed by atoms with E-state index in [4.69, 9.17) is 11.6 Å². The van der Waals surface area contributed by atoms with E-state index in [0.717, 1.165) is 15.5 Å². The Labute approximate surface area is 162 Å². The molecule has 2 amide bonds. The largest absolute Gasteiger partial charge is 0.269 e. The maximum Gasteiger partial charge on any atom is 0.263 e. The molecule has 0 N–H and O–H groups in total. The quantitative estimate of drug-likeness (QED) is 0.694. The monoisotopic (exact) mass is 404 g/mol. The molecule has 2 aromatic rings. The van der Waals surface area contributed by atoms with Crippen molar-refractivity contribution in [1.82, 2.24) is 9.21 Å². The third-order valence-electron chi connectivity index (χ3n) is 4.23. The molecule has 140 valence electrons. The Morgan fingerprint density at radius 1 is 1.04 bits per heavy atom. The Hall–Kier alpha value is -2.48. The SMILES string of the molecule is C=C(Cl)C(N1C(=O)c2ccccc2C1=O)N(Cc1ccccc1)S(C)(=O)=O. The number of sulfonamides is 1. The fourth-order valence-electron chi connectivity index (χ4n) is 3.00. The Bertz CT molecular complexity index is 986. The Balaban J connectivity index is 2.07. The van der Waals surface area contributed by atoms with Gasteiger partial charge in [-0.2, -0.15) is 4.31 Å². The van der Waals surface area contributed by atoms with Crippen LogP contribution in [-0.4, -0.2) is 41.9 Å². The second-order valence-corrected chi connectivity index (χ2v) is 8.56. The number of rotatable bonds is 6. The molecule has 6 nitrogen and oxygen atoms in total. The molecule has 1 aliphatic heterocycles. The van der Waals surface area contributed by atoms with Crippen LogP contribution < -0.4 is 0 Å². The van der Waals surface area contributed by atoms with Crippen LogP contribution in [0.4, 0.5) is 0 Å². The molecule has 1 atom stereocenters. The number of hydrogen-bond acceptors (Lipinski definition) is 4. The third-order valence-corrected chi connectivity index (χ3v) is 5.61. The molecule has 0 fully saturated rings. The van der Waals surface area contributed by atoms with Crippen LogP contribution in [-0.2, 0) is 16.6 Å². The number of benzene rings is 2. The normalized spacial score (nSPS) is 15.1. The molecule has 27 heavy (non-hydrogen) atoms. The van der Waals surface area contributed by atoms with Crippen molar-refractivity contribution in [3.8, 4) is 0 Å². The fraction of sp³-hybridized carbons (Fsp3) is 0.158. The number of amides is 2. The minimum atomic E-state index is -3.84. The van der Waals surface area contributed by atoms with Crippen molar-refractivity contribution in [3.05, 3.63) is 82.9 Å². The van der Waals surface area contributed by atoms with E-state index in [1.165, 1.54) is 12.1 Å². The molecular weight excluding hydrogens is 388 g/mol. The lowest BCUT2D eigenvalue weighted by atomic mass is 10.1. The number of halogens is 1. The molecule has 1 heterocycles. The van der Waals surface area contributed by atoms with Crippen molar-refractivity contribution < 1.29 is 18.0 Å². The lowest BCUT2D eigenvalue weighted by molar-refractivity contribution is 0.0515. The molecule has 0 radical (unpaired) electrons. The summed E-state index contributed by atoms with van der Waals surface area (Å²) < 4.78 is 26.0. The van der Waals surface area contributed by atoms with E-state index in [1.807, 2.05) is 0 Å². The number of imide groups is 1. The highest BCUT2D eigenvalue weighted by atomic mass is 35.5. The molecular formula is C19H17ClN2O4S. The van der Waals surface area contributed by atoms with Gasteiger partial charge in [0.15, 0.2) is 0 Å². The fourth-order valence-corrected chi connectivity index (χ4v) is 4.24. The van der Waals surface area contributed by atoms with Gasteiger partial charge in [0.1, 0.15) is 6.17 Å². The zero-order chi connectivity index (χ0) is 19.8. The maximum atomic E-state index is 12.8. The number of fused-ring (bicyclic) bond motifs is 1. The predicted molar refractivity (Wildman–Crippen MR) is 103 cm³/mol. The van der Waals surface area contributed by atoms with Gasteiger partial charge in [-0.05, 0) is 17.7 Å². The first kappa shape index (κ1) is 19.3. The van der Waals surface area contributed by atoms with E-state index >= 15 is 0 Å². The highest BCUT2D eigenvalue weighted by molar-refractivity contribution is 7.88. The van der Waals surface area contributed by atoms with E-state index in [-0.39, 0.29) is 22.7 Å². The van der Waals surface area contributed by atoms with Gasteiger partial charge in [-0.1, -0.05) is 60.6 Å².